The third kappa shape index (κ3) is 1.77. The fraction of sp³-hybridized carbons (Fsp3) is 0.867. The van der Waals surface area contributed by atoms with E-state index in [0.29, 0.717) is 10.8 Å². The van der Waals surface area contributed by atoms with E-state index in [0.717, 1.165) is 11.8 Å². The molecule has 0 N–H and O–H groups in total. The third-order valence-electron chi connectivity index (χ3n) is 4.16. The molecule has 86 valence electrons. The van der Waals surface area contributed by atoms with Gasteiger partial charge in [-0.25, -0.2) is 0 Å². The van der Waals surface area contributed by atoms with Crippen LogP contribution in [0.25, 0.3) is 0 Å². The Kier molecular flexibility index (Phi) is 2.34. The molecule has 15 heavy (non-hydrogen) atoms. The average molecular weight is 206 g/mol. The fourth-order valence-electron chi connectivity index (χ4n) is 3.98. The Bertz CT molecular complexity index is 263. The van der Waals surface area contributed by atoms with E-state index in [4.69, 9.17) is 0 Å². The summed E-state index contributed by atoms with van der Waals surface area (Å²) in [7, 11) is 0. The van der Waals surface area contributed by atoms with Crippen molar-refractivity contribution in [2.24, 2.45) is 22.7 Å². The molecule has 1 saturated carbocycles. The van der Waals surface area contributed by atoms with Gasteiger partial charge in [0.2, 0.25) is 0 Å². The van der Waals surface area contributed by atoms with Crippen LogP contribution in [0.5, 0.6) is 0 Å². The fourth-order valence-corrected chi connectivity index (χ4v) is 3.98. The van der Waals surface area contributed by atoms with Gasteiger partial charge in [-0.15, -0.1) is 0 Å². The summed E-state index contributed by atoms with van der Waals surface area (Å²) in [6.45, 7) is 14.4. The van der Waals surface area contributed by atoms with Crippen LogP contribution in [0.3, 0.4) is 0 Å². The number of fused-ring (bicyclic) bond motifs is 2. The Morgan fingerprint density at radius 2 is 1.07 bits per heavy atom. The van der Waals surface area contributed by atoms with E-state index in [2.05, 4.69) is 41.5 Å². The molecule has 0 aliphatic heterocycles. The van der Waals surface area contributed by atoms with Gasteiger partial charge in [-0.1, -0.05) is 52.7 Å². The molecule has 2 aliphatic carbocycles. The van der Waals surface area contributed by atoms with Crippen LogP contribution in [0.15, 0.2) is 11.1 Å². The van der Waals surface area contributed by atoms with Gasteiger partial charge in [0.1, 0.15) is 0 Å². The zero-order valence-electron chi connectivity index (χ0n) is 11.3. The standard InChI is InChI=1S/C15H26/c1-14(2,3)12-10-7-8-11(9-10)13(12)15(4,5)6/h10-11H,7-9H2,1-6H3. The molecule has 0 nitrogen and oxygen atoms in total. The molecular weight excluding hydrogens is 180 g/mol. The second kappa shape index (κ2) is 3.12. The zero-order valence-corrected chi connectivity index (χ0v) is 11.3. The highest BCUT2D eigenvalue weighted by Gasteiger charge is 2.46. The first kappa shape index (κ1) is 11.2. The number of rotatable bonds is 0. The minimum absolute atomic E-state index is 0.391. The van der Waals surface area contributed by atoms with Crippen molar-refractivity contribution >= 4 is 0 Å². The summed E-state index contributed by atoms with van der Waals surface area (Å²) in [4.78, 5) is 0. The van der Waals surface area contributed by atoms with Gasteiger partial charge < -0.3 is 0 Å². The van der Waals surface area contributed by atoms with Crippen molar-refractivity contribution < 1.29 is 0 Å². The lowest BCUT2D eigenvalue weighted by Gasteiger charge is -2.36. The molecule has 2 aliphatic rings. The van der Waals surface area contributed by atoms with Crippen LogP contribution in [0.2, 0.25) is 0 Å². The Labute approximate surface area is 95.1 Å². The van der Waals surface area contributed by atoms with E-state index in [1.54, 1.807) is 0 Å². The van der Waals surface area contributed by atoms with Crippen molar-refractivity contribution in [3.8, 4) is 0 Å². The second-order valence-electron chi connectivity index (χ2n) is 7.53. The lowest BCUT2D eigenvalue weighted by atomic mass is 9.69. The van der Waals surface area contributed by atoms with Crippen LogP contribution < -0.4 is 0 Å². The topological polar surface area (TPSA) is 0 Å². The van der Waals surface area contributed by atoms with Gasteiger partial charge in [-0.3, -0.25) is 0 Å². The molecule has 0 aromatic carbocycles. The first-order valence-corrected chi connectivity index (χ1v) is 6.46. The molecule has 0 aromatic heterocycles. The highest BCUT2D eigenvalue weighted by atomic mass is 14.5. The maximum absolute atomic E-state index is 2.40. The van der Waals surface area contributed by atoms with Crippen molar-refractivity contribution in [1.29, 1.82) is 0 Å². The highest BCUT2D eigenvalue weighted by molar-refractivity contribution is 5.36. The SMILES string of the molecule is CC(C)(C)C1=C(C(C)(C)C)C2CCC1C2. The minimum atomic E-state index is 0.391. The summed E-state index contributed by atoms with van der Waals surface area (Å²) in [6.07, 6.45) is 4.37. The van der Waals surface area contributed by atoms with Crippen molar-refractivity contribution in [3.05, 3.63) is 11.1 Å². The average Bonchev–Trinajstić information content (AvgIpc) is 2.56. The molecule has 0 aromatic rings. The second-order valence-corrected chi connectivity index (χ2v) is 7.53. The zero-order chi connectivity index (χ0) is 11.4. The summed E-state index contributed by atoms with van der Waals surface area (Å²) >= 11 is 0. The van der Waals surface area contributed by atoms with E-state index in [1.165, 1.54) is 19.3 Å². The predicted molar refractivity (Wildman–Crippen MR) is 66.8 cm³/mol. The predicted octanol–water partition coefficient (Wildman–Crippen LogP) is 4.81. The summed E-state index contributed by atoms with van der Waals surface area (Å²) in [5, 5.41) is 0. The molecular formula is C15H26. The third-order valence-corrected chi connectivity index (χ3v) is 4.16. The van der Waals surface area contributed by atoms with E-state index in [9.17, 15) is 0 Å². The Balaban J connectivity index is 2.49. The lowest BCUT2D eigenvalue weighted by molar-refractivity contribution is 0.382. The van der Waals surface area contributed by atoms with Crippen molar-refractivity contribution in [2.45, 2.75) is 60.8 Å². The molecule has 0 radical (unpaired) electrons. The van der Waals surface area contributed by atoms with E-state index in [-0.39, 0.29) is 0 Å². The van der Waals surface area contributed by atoms with Gasteiger partial charge in [0.05, 0.1) is 0 Å². The molecule has 0 amide bonds. The van der Waals surface area contributed by atoms with Crippen LogP contribution in [0.1, 0.15) is 60.8 Å². The number of hydrogen-bond donors (Lipinski definition) is 0. The van der Waals surface area contributed by atoms with E-state index in [1.807, 2.05) is 11.1 Å². The monoisotopic (exact) mass is 206 g/mol. The van der Waals surface area contributed by atoms with Gasteiger partial charge in [0.15, 0.2) is 0 Å². The maximum atomic E-state index is 2.40. The number of allylic oxidation sites excluding steroid dienone is 2. The summed E-state index contributed by atoms with van der Waals surface area (Å²) < 4.78 is 0. The molecule has 0 heterocycles. The van der Waals surface area contributed by atoms with Crippen LogP contribution in [0, 0.1) is 22.7 Å². The Hall–Kier alpha value is -0.260. The summed E-state index contributed by atoms with van der Waals surface area (Å²) in [6, 6.07) is 0. The van der Waals surface area contributed by atoms with Crippen LogP contribution in [-0.2, 0) is 0 Å². The first-order chi connectivity index (χ1) is 6.71. The maximum Gasteiger partial charge on any atom is -0.0167 e. The molecule has 0 spiro atoms. The van der Waals surface area contributed by atoms with Gasteiger partial charge in [0, 0.05) is 0 Å². The first-order valence-electron chi connectivity index (χ1n) is 6.46. The van der Waals surface area contributed by atoms with Crippen molar-refractivity contribution in [1.82, 2.24) is 0 Å². The largest absolute Gasteiger partial charge is 0.0617 e. The molecule has 2 atom stereocenters. The van der Waals surface area contributed by atoms with E-state index < -0.39 is 0 Å². The van der Waals surface area contributed by atoms with Crippen molar-refractivity contribution in [3.63, 3.8) is 0 Å². The van der Waals surface area contributed by atoms with Gasteiger partial charge >= 0.3 is 0 Å². The molecule has 2 unspecified atom stereocenters. The molecule has 1 fully saturated rings. The molecule has 0 heteroatoms. The highest BCUT2D eigenvalue weighted by Crippen LogP contribution is 2.58. The Morgan fingerprint density at radius 3 is 1.33 bits per heavy atom. The Morgan fingerprint density at radius 1 is 0.733 bits per heavy atom. The molecule has 2 bridgehead atoms. The van der Waals surface area contributed by atoms with Crippen LogP contribution in [0.4, 0.5) is 0 Å². The lowest BCUT2D eigenvalue weighted by Crippen LogP contribution is -2.24. The minimum Gasteiger partial charge on any atom is -0.0617 e. The summed E-state index contributed by atoms with van der Waals surface area (Å²) in [5.74, 6) is 1.84. The van der Waals surface area contributed by atoms with Crippen LogP contribution in [-0.4, -0.2) is 0 Å². The van der Waals surface area contributed by atoms with Gasteiger partial charge in [0.25, 0.3) is 0 Å². The molecule has 0 saturated heterocycles. The summed E-state index contributed by atoms with van der Waals surface area (Å²) in [5.41, 5.74) is 4.41. The van der Waals surface area contributed by atoms with Crippen LogP contribution >= 0.6 is 0 Å². The number of hydrogen-bond acceptors (Lipinski definition) is 0. The molecule has 2 rings (SSSR count). The van der Waals surface area contributed by atoms with Crippen molar-refractivity contribution in [2.75, 3.05) is 0 Å². The van der Waals surface area contributed by atoms with E-state index >= 15 is 0 Å². The quantitative estimate of drug-likeness (QED) is 0.499. The van der Waals surface area contributed by atoms with Gasteiger partial charge in [-0.05, 0) is 41.9 Å². The normalized spacial score (nSPS) is 31.6. The smallest absolute Gasteiger partial charge is 0.0167 e. The van der Waals surface area contributed by atoms with Gasteiger partial charge in [-0.2, -0.15) is 0 Å².